The number of amides is 1. The summed E-state index contributed by atoms with van der Waals surface area (Å²) in [6, 6.07) is 18.1. The predicted molar refractivity (Wildman–Crippen MR) is 129 cm³/mol. The van der Waals surface area contributed by atoms with Crippen LogP contribution in [0.25, 0.3) is 11.2 Å². The molecule has 0 saturated carbocycles. The summed E-state index contributed by atoms with van der Waals surface area (Å²) in [4.78, 5) is 43.7. The van der Waals surface area contributed by atoms with Crippen molar-refractivity contribution < 1.29 is 14.6 Å². The smallest absolute Gasteiger partial charge is 0.329 e. The first-order valence-corrected chi connectivity index (χ1v) is 11.4. The summed E-state index contributed by atoms with van der Waals surface area (Å²) in [6.07, 6.45) is -0.980. The largest absolute Gasteiger partial charge is 0.491 e. The molecular weight excluding hydrogens is 458 g/mol. The Labute approximate surface area is 198 Å². The number of hydrogen-bond acceptors (Lipinski definition) is 7. The highest BCUT2D eigenvalue weighted by Crippen LogP contribution is 2.22. The number of benzene rings is 2. The number of aromatic nitrogens is 4. The lowest BCUT2D eigenvalue weighted by Gasteiger charge is -2.15. The quantitative estimate of drug-likeness (QED) is 0.310. The molecule has 0 saturated heterocycles. The molecule has 2 aromatic heterocycles. The molecule has 0 aliphatic heterocycles. The van der Waals surface area contributed by atoms with Gasteiger partial charge in [0.2, 0.25) is 5.91 Å². The first-order valence-electron chi connectivity index (χ1n) is 10.5. The molecule has 4 rings (SSSR count). The van der Waals surface area contributed by atoms with Gasteiger partial charge in [0.1, 0.15) is 18.5 Å². The Morgan fingerprint density at radius 1 is 1.15 bits per heavy atom. The van der Waals surface area contributed by atoms with E-state index in [2.05, 4.69) is 15.3 Å². The lowest BCUT2D eigenvalue weighted by molar-refractivity contribution is -0.113. The lowest BCUT2D eigenvalue weighted by Crippen LogP contribution is -2.30. The van der Waals surface area contributed by atoms with Gasteiger partial charge in [0, 0.05) is 12.7 Å². The monoisotopic (exact) mass is 481 g/mol. The van der Waals surface area contributed by atoms with E-state index in [1.807, 2.05) is 36.4 Å². The normalized spacial score (nSPS) is 11.9. The topological polar surface area (TPSA) is 131 Å². The molecule has 10 nitrogen and oxygen atoms in total. The van der Waals surface area contributed by atoms with Crippen molar-refractivity contribution in [2.45, 2.75) is 17.8 Å². The molecule has 0 unspecified atom stereocenters. The van der Waals surface area contributed by atoms with Crippen LogP contribution in [0.5, 0.6) is 5.75 Å². The lowest BCUT2D eigenvalue weighted by atomic mass is 10.3. The Balaban J connectivity index is 1.56. The van der Waals surface area contributed by atoms with Gasteiger partial charge >= 0.3 is 5.69 Å². The first kappa shape index (κ1) is 23.3. The maximum atomic E-state index is 12.6. The zero-order valence-electron chi connectivity index (χ0n) is 18.3. The number of nitrogens with one attached hydrogen (secondary N) is 2. The van der Waals surface area contributed by atoms with Crippen molar-refractivity contribution in [2.75, 3.05) is 17.7 Å². The minimum absolute atomic E-state index is 0.0146. The second-order valence-electron chi connectivity index (χ2n) is 7.48. The Morgan fingerprint density at radius 2 is 1.82 bits per heavy atom. The van der Waals surface area contributed by atoms with Crippen molar-refractivity contribution in [3.05, 3.63) is 81.5 Å². The standard InChI is InChI=1S/C23H23N5O5S/c1-27-20-19(21(31)26-22(27)32)28(12-16(29)13-33-17-10-6-3-7-11-17)23(25-20)34-14-18(30)24-15-8-4-2-5-9-15/h2-11,16,29H,12-14H2,1H3,(H,24,30)(H,26,31,32)/t16-/m0/s1. The zero-order valence-corrected chi connectivity index (χ0v) is 19.1. The molecular formula is C23H23N5O5S. The van der Waals surface area contributed by atoms with Crippen LogP contribution in [0.15, 0.2) is 75.4 Å². The number of fused-ring (bicyclic) bond motifs is 1. The number of anilines is 1. The summed E-state index contributed by atoms with van der Waals surface area (Å²) in [5, 5.41) is 13.7. The van der Waals surface area contributed by atoms with Gasteiger partial charge < -0.3 is 19.7 Å². The Hall–Kier alpha value is -3.83. The van der Waals surface area contributed by atoms with Gasteiger partial charge in [-0.15, -0.1) is 0 Å². The maximum absolute atomic E-state index is 12.6. The molecule has 0 fully saturated rings. The molecule has 2 aromatic carbocycles. The number of H-pyrrole nitrogens is 1. The SMILES string of the molecule is Cn1c(=O)[nH]c(=O)c2c1nc(SCC(=O)Nc1ccccc1)n2C[C@H](O)COc1ccccc1. The van der Waals surface area contributed by atoms with Crippen LogP contribution >= 0.6 is 11.8 Å². The third kappa shape index (κ3) is 5.38. The van der Waals surface area contributed by atoms with Crippen LogP contribution < -0.4 is 21.3 Å². The Kier molecular flexibility index (Phi) is 7.14. The van der Waals surface area contributed by atoms with Crippen molar-refractivity contribution in [1.29, 1.82) is 0 Å². The molecule has 3 N–H and O–H groups in total. The van der Waals surface area contributed by atoms with E-state index in [-0.39, 0.29) is 36.0 Å². The molecule has 0 spiro atoms. The van der Waals surface area contributed by atoms with Crippen LogP contribution in [0.2, 0.25) is 0 Å². The molecule has 176 valence electrons. The highest BCUT2D eigenvalue weighted by molar-refractivity contribution is 7.99. The van der Waals surface area contributed by atoms with Crippen LogP contribution in [-0.4, -0.2) is 48.6 Å². The van der Waals surface area contributed by atoms with E-state index in [4.69, 9.17) is 4.74 Å². The number of para-hydroxylation sites is 2. The molecule has 34 heavy (non-hydrogen) atoms. The number of aryl methyl sites for hydroxylation is 1. The van der Waals surface area contributed by atoms with Crippen molar-refractivity contribution >= 4 is 34.5 Å². The highest BCUT2D eigenvalue weighted by Gasteiger charge is 2.21. The van der Waals surface area contributed by atoms with Gasteiger partial charge in [0.15, 0.2) is 16.3 Å². The number of rotatable bonds is 9. The number of aromatic amines is 1. The molecule has 1 amide bonds. The minimum atomic E-state index is -0.980. The molecule has 0 aliphatic carbocycles. The van der Waals surface area contributed by atoms with Crippen LogP contribution in [0.3, 0.4) is 0 Å². The van der Waals surface area contributed by atoms with Crippen molar-refractivity contribution in [2.24, 2.45) is 7.05 Å². The van der Waals surface area contributed by atoms with Crippen molar-refractivity contribution in [3.8, 4) is 5.75 Å². The second-order valence-corrected chi connectivity index (χ2v) is 8.42. The van der Waals surface area contributed by atoms with Gasteiger partial charge in [-0.3, -0.25) is 19.1 Å². The zero-order chi connectivity index (χ0) is 24.1. The fourth-order valence-corrected chi connectivity index (χ4v) is 4.12. The van der Waals surface area contributed by atoms with Gasteiger partial charge in [-0.25, -0.2) is 9.78 Å². The number of aliphatic hydroxyl groups is 1. The summed E-state index contributed by atoms with van der Waals surface area (Å²) >= 11 is 1.10. The van der Waals surface area contributed by atoms with Crippen molar-refractivity contribution in [1.82, 2.24) is 19.1 Å². The average molecular weight is 482 g/mol. The van der Waals surface area contributed by atoms with Gasteiger partial charge in [-0.2, -0.15) is 0 Å². The number of hydrogen-bond donors (Lipinski definition) is 3. The van der Waals surface area contributed by atoms with E-state index in [1.165, 1.54) is 16.2 Å². The van der Waals surface area contributed by atoms with Gasteiger partial charge in [0.05, 0.1) is 12.3 Å². The Morgan fingerprint density at radius 3 is 2.53 bits per heavy atom. The van der Waals surface area contributed by atoms with E-state index in [0.29, 0.717) is 16.6 Å². The number of carbonyl (C=O) groups is 1. The molecule has 1 atom stereocenters. The third-order valence-corrected chi connectivity index (χ3v) is 5.92. The summed E-state index contributed by atoms with van der Waals surface area (Å²) in [5.74, 6) is 0.357. The number of ether oxygens (including phenoxy) is 1. The van der Waals surface area contributed by atoms with Crippen LogP contribution in [0, 0.1) is 0 Å². The fraction of sp³-hybridized carbons (Fsp3) is 0.217. The predicted octanol–water partition coefficient (Wildman–Crippen LogP) is 1.59. The molecule has 0 aliphatic rings. The van der Waals surface area contributed by atoms with Crippen LogP contribution in [-0.2, 0) is 18.4 Å². The van der Waals surface area contributed by atoms with E-state index in [9.17, 15) is 19.5 Å². The van der Waals surface area contributed by atoms with Gasteiger partial charge in [0.25, 0.3) is 5.56 Å². The summed E-state index contributed by atoms with van der Waals surface area (Å²) in [5.41, 5.74) is -0.271. The number of imidazole rings is 1. The second kappa shape index (κ2) is 10.4. The molecule has 2 heterocycles. The summed E-state index contributed by atoms with van der Waals surface area (Å²) < 4.78 is 8.33. The number of carbonyl (C=O) groups excluding carboxylic acids is 1. The number of thioether (sulfide) groups is 1. The maximum Gasteiger partial charge on any atom is 0.329 e. The van der Waals surface area contributed by atoms with E-state index < -0.39 is 17.4 Å². The highest BCUT2D eigenvalue weighted by atomic mass is 32.2. The molecule has 0 bridgehead atoms. The van der Waals surface area contributed by atoms with Crippen molar-refractivity contribution in [3.63, 3.8) is 0 Å². The molecule has 11 heteroatoms. The number of nitrogens with zero attached hydrogens (tertiary/aromatic N) is 3. The summed E-state index contributed by atoms with van der Waals surface area (Å²) in [7, 11) is 1.49. The molecule has 0 radical (unpaired) electrons. The van der Waals surface area contributed by atoms with Gasteiger partial charge in [-0.1, -0.05) is 48.2 Å². The number of aliphatic hydroxyl groups excluding tert-OH is 1. The average Bonchev–Trinajstić information content (AvgIpc) is 3.20. The summed E-state index contributed by atoms with van der Waals surface area (Å²) in [6.45, 7) is -0.0424. The van der Waals surface area contributed by atoms with Gasteiger partial charge in [-0.05, 0) is 24.3 Å². The first-order chi connectivity index (χ1) is 16.4. The van der Waals surface area contributed by atoms with E-state index in [1.54, 1.807) is 24.3 Å². The van der Waals surface area contributed by atoms with Crippen LogP contribution in [0.1, 0.15) is 0 Å². The molecule has 4 aromatic rings. The Bertz CT molecular complexity index is 1400. The minimum Gasteiger partial charge on any atom is -0.491 e. The fourth-order valence-electron chi connectivity index (χ4n) is 3.32. The van der Waals surface area contributed by atoms with E-state index >= 15 is 0 Å². The van der Waals surface area contributed by atoms with E-state index in [0.717, 1.165) is 11.8 Å². The third-order valence-electron chi connectivity index (χ3n) is 4.94. The van der Waals surface area contributed by atoms with Crippen LogP contribution in [0.4, 0.5) is 5.69 Å².